The third-order valence-corrected chi connectivity index (χ3v) is 4.25. The third kappa shape index (κ3) is 4.04. The molecule has 1 aromatic rings. The van der Waals surface area contributed by atoms with E-state index in [4.69, 9.17) is 0 Å². The van der Waals surface area contributed by atoms with E-state index >= 15 is 0 Å². The number of nitriles is 1. The molecule has 0 aliphatic carbocycles. The van der Waals surface area contributed by atoms with Gasteiger partial charge in [-0.25, -0.2) is 0 Å². The molecule has 3 heteroatoms. The van der Waals surface area contributed by atoms with Gasteiger partial charge < -0.3 is 0 Å². The lowest BCUT2D eigenvalue weighted by molar-refractivity contribution is 0.490. The van der Waals surface area contributed by atoms with Crippen molar-refractivity contribution < 1.29 is 0 Å². The van der Waals surface area contributed by atoms with Crippen LogP contribution >= 0.6 is 11.8 Å². The van der Waals surface area contributed by atoms with Crippen LogP contribution in [0.3, 0.4) is 0 Å². The van der Waals surface area contributed by atoms with Crippen LogP contribution in [-0.4, -0.2) is 18.1 Å². The Kier molecular flexibility index (Phi) is 6.24. The fourth-order valence-electron chi connectivity index (χ4n) is 1.84. The second-order valence-corrected chi connectivity index (χ2v) is 5.85. The summed E-state index contributed by atoms with van der Waals surface area (Å²) >= 11 is 1.84. The van der Waals surface area contributed by atoms with Crippen LogP contribution in [-0.2, 0) is 5.54 Å². The molecule has 0 bridgehead atoms. The zero-order valence-electron chi connectivity index (χ0n) is 11.4. The molecule has 0 saturated heterocycles. The van der Waals surface area contributed by atoms with Crippen molar-refractivity contribution in [1.82, 2.24) is 5.32 Å². The van der Waals surface area contributed by atoms with Crippen molar-refractivity contribution in [3.63, 3.8) is 0 Å². The highest BCUT2D eigenvalue weighted by Crippen LogP contribution is 2.26. The summed E-state index contributed by atoms with van der Waals surface area (Å²) < 4.78 is 0. The quantitative estimate of drug-likeness (QED) is 0.818. The van der Waals surface area contributed by atoms with Gasteiger partial charge in [0, 0.05) is 5.75 Å². The van der Waals surface area contributed by atoms with Crippen LogP contribution in [0.1, 0.15) is 26.3 Å². The first kappa shape index (κ1) is 15.1. The van der Waals surface area contributed by atoms with Gasteiger partial charge in [-0.15, -0.1) is 0 Å². The Labute approximate surface area is 115 Å². The molecule has 0 fully saturated rings. The Balaban J connectivity index is 2.85. The zero-order valence-corrected chi connectivity index (χ0v) is 12.3. The van der Waals surface area contributed by atoms with Crippen LogP contribution in [0, 0.1) is 17.2 Å². The summed E-state index contributed by atoms with van der Waals surface area (Å²) in [7, 11) is 0. The first-order valence-electron chi connectivity index (χ1n) is 6.44. The first-order chi connectivity index (χ1) is 8.64. The van der Waals surface area contributed by atoms with Gasteiger partial charge in [0.25, 0.3) is 0 Å². The standard InChI is InChI=1S/C15H22N2S/c1-4-17-15(11-16,12-18-10-13(2)3)14-8-6-5-7-9-14/h5-9,13,17H,4,10,12H2,1-3H3. The highest BCUT2D eigenvalue weighted by atomic mass is 32.2. The van der Waals surface area contributed by atoms with E-state index in [0.29, 0.717) is 5.92 Å². The summed E-state index contributed by atoms with van der Waals surface area (Å²) in [6.07, 6.45) is 0. The predicted molar refractivity (Wildman–Crippen MR) is 79.6 cm³/mol. The number of nitrogens with zero attached hydrogens (tertiary/aromatic N) is 1. The second kappa shape index (κ2) is 7.45. The fourth-order valence-corrected chi connectivity index (χ4v) is 3.07. The average Bonchev–Trinajstić information content (AvgIpc) is 2.38. The Morgan fingerprint density at radius 3 is 2.50 bits per heavy atom. The topological polar surface area (TPSA) is 35.8 Å². The first-order valence-corrected chi connectivity index (χ1v) is 7.59. The molecule has 1 atom stereocenters. The van der Waals surface area contributed by atoms with E-state index in [1.54, 1.807) is 0 Å². The molecule has 0 spiro atoms. The van der Waals surface area contributed by atoms with Gasteiger partial charge in [-0.2, -0.15) is 17.0 Å². The SMILES string of the molecule is CCNC(C#N)(CSCC(C)C)c1ccccc1. The van der Waals surface area contributed by atoms with E-state index in [9.17, 15) is 5.26 Å². The van der Waals surface area contributed by atoms with Gasteiger partial charge in [0.2, 0.25) is 0 Å². The molecule has 0 saturated carbocycles. The van der Waals surface area contributed by atoms with Gasteiger partial charge in [-0.1, -0.05) is 51.1 Å². The molecule has 18 heavy (non-hydrogen) atoms. The van der Waals surface area contributed by atoms with E-state index in [0.717, 1.165) is 23.6 Å². The minimum atomic E-state index is -0.560. The van der Waals surface area contributed by atoms with Gasteiger partial charge in [0.1, 0.15) is 5.54 Å². The van der Waals surface area contributed by atoms with Crippen molar-refractivity contribution in [3.8, 4) is 6.07 Å². The van der Waals surface area contributed by atoms with Crippen molar-refractivity contribution in [2.45, 2.75) is 26.3 Å². The summed E-state index contributed by atoms with van der Waals surface area (Å²) in [5.74, 6) is 2.53. The molecule has 0 aliphatic rings. The highest BCUT2D eigenvalue weighted by molar-refractivity contribution is 7.99. The minimum absolute atomic E-state index is 0.560. The van der Waals surface area contributed by atoms with Crippen molar-refractivity contribution in [2.24, 2.45) is 5.92 Å². The largest absolute Gasteiger partial charge is 0.295 e. The van der Waals surface area contributed by atoms with Crippen LogP contribution in [0.25, 0.3) is 0 Å². The third-order valence-electron chi connectivity index (χ3n) is 2.71. The minimum Gasteiger partial charge on any atom is -0.295 e. The molecule has 98 valence electrons. The fraction of sp³-hybridized carbons (Fsp3) is 0.533. The van der Waals surface area contributed by atoms with Crippen LogP contribution in [0.15, 0.2) is 30.3 Å². The van der Waals surface area contributed by atoms with E-state index in [2.05, 4.69) is 25.2 Å². The van der Waals surface area contributed by atoms with Gasteiger partial charge >= 0.3 is 0 Å². The van der Waals surface area contributed by atoms with Gasteiger partial charge in [0.05, 0.1) is 6.07 Å². The van der Waals surface area contributed by atoms with Gasteiger partial charge in [-0.3, -0.25) is 5.32 Å². The van der Waals surface area contributed by atoms with Gasteiger partial charge in [-0.05, 0) is 23.8 Å². The molecule has 0 amide bonds. The predicted octanol–water partition coefficient (Wildman–Crippen LogP) is 3.40. The zero-order chi connectivity index (χ0) is 13.4. The maximum atomic E-state index is 9.60. The molecule has 1 aromatic carbocycles. The lowest BCUT2D eigenvalue weighted by Crippen LogP contribution is -2.43. The average molecular weight is 262 g/mol. The van der Waals surface area contributed by atoms with Crippen LogP contribution in [0.4, 0.5) is 0 Å². The Morgan fingerprint density at radius 1 is 1.33 bits per heavy atom. The maximum absolute atomic E-state index is 9.60. The van der Waals surface area contributed by atoms with Crippen LogP contribution < -0.4 is 5.32 Å². The summed E-state index contributed by atoms with van der Waals surface area (Å²) in [4.78, 5) is 0. The van der Waals surface area contributed by atoms with Crippen molar-refractivity contribution in [2.75, 3.05) is 18.1 Å². The van der Waals surface area contributed by atoms with E-state index in [1.165, 1.54) is 0 Å². The molecule has 1 N–H and O–H groups in total. The van der Waals surface area contributed by atoms with Crippen molar-refractivity contribution >= 4 is 11.8 Å². The van der Waals surface area contributed by atoms with E-state index in [-0.39, 0.29) is 0 Å². The Bertz CT molecular complexity index is 383. The summed E-state index contributed by atoms with van der Waals surface area (Å²) in [6, 6.07) is 12.5. The monoisotopic (exact) mass is 262 g/mol. The highest BCUT2D eigenvalue weighted by Gasteiger charge is 2.31. The van der Waals surface area contributed by atoms with E-state index < -0.39 is 5.54 Å². The molecule has 1 unspecified atom stereocenters. The molecular weight excluding hydrogens is 240 g/mol. The summed E-state index contributed by atoms with van der Waals surface area (Å²) in [5.41, 5.74) is 0.501. The number of nitrogens with one attached hydrogen (secondary N) is 1. The number of thioether (sulfide) groups is 1. The molecule has 2 nitrogen and oxygen atoms in total. The normalized spacial score (nSPS) is 14.2. The number of hydrogen-bond acceptors (Lipinski definition) is 3. The number of rotatable bonds is 7. The lowest BCUT2D eigenvalue weighted by Gasteiger charge is -2.28. The summed E-state index contributed by atoms with van der Waals surface area (Å²) in [6.45, 7) is 7.25. The Hall–Kier alpha value is -0.980. The molecule has 0 heterocycles. The van der Waals surface area contributed by atoms with E-state index in [1.807, 2.05) is 49.0 Å². The lowest BCUT2D eigenvalue weighted by atomic mass is 9.93. The molecule has 0 aliphatic heterocycles. The molecule has 1 rings (SSSR count). The van der Waals surface area contributed by atoms with Crippen molar-refractivity contribution in [3.05, 3.63) is 35.9 Å². The van der Waals surface area contributed by atoms with Crippen LogP contribution in [0.5, 0.6) is 0 Å². The smallest absolute Gasteiger partial charge is 0.141 e. The molecule has 0 radical (unpaired) electrons. The summed E-state index contributed by atoms with van der Waals surface area (Å²) in [5, 5.41) is 13.0. The number of benzene rings is 1. The Morgan fingerprint density at radius 2 is 2.00 bits per heavy atom. The molecule has 0 aromatic heterocycles. The second-order valence-electron chi connectivity index (χ2n) is 4.82. The number of hydrogen-bond donors (Lipinski definition) is 1. The molecular formula is C15H22N2S. The maximum Gasteiger partial charge on any atom is 0.141 e. The van der Waals surface area contributed by atoms with Gasteiger partial charge in [0.15, 0.2) is 0 Å². The van der Waals surface area contributed by atoms with Crippen LogP contribution in [0.2, 0.25) is 0 Å². The van der Waals surface area contributed by atoms with Crippen molar-refractivity contribution in [1.29, 1.82) is 5.26 Å².